The highest BCUT2D eigenvalue weighted by atomic mass is 32.1. The molecule has 0 spiro atoms. The van der Waals surface area contributed by atoms with E-state index in [1.54, 1.807) is 37.5 Å². The first-order chi connectivity index (χ1) is 15.1. The lowest BCUT2D eigenvalue weighted by molar-refractivity contribution is 0.102. The molecule has 4 aromatic rings. The van der Waals surface area contributed by atoms with Crippen LogP contribution in [0.4, 0.5) is 16.4 Å². The Morgan fingerprint density at radius 2 is 2.06 bits per heavy atom. The number of rotatable bonds is 5. The van der Waals surface area contributed by atoms with Gasteiger partial charge in [0, 0.05) is 11.6 Å². The number of hydrogen-bond acceptors (Lipinski definition) is 8. The summed E-state index contributed by atoms with van der Waals surface area (Å²) in [7, 11) is 1.47. The Labute approximate surface area is 182 Å². The normalized spacial score (nSPS) is 10.9. The van der Waals surface area contributed by atoms with Gasteiger partial charge in [0.25, 0.3) is 5.91 Å². The van der Waals surface area contributed by atoms with Gasteiger partial charge in [0.05, 0.1) is 30.3 Å². The quantitative estimate of drug-likeness (QED) is 0.419. The molecule has 0 aliphatic heterocycles. The van der Waals surface area contributed by atoms with E-state index in [0.717, 1.165) is 22.3 Å². The number of aromatic nitrogens is 2. The van der Waals surface area contributed by atoms with Crippen LogP contribution in [0.3, 0.4) is 0 Å². The molecule has 0 radical (unpaired) electrons. The molecule has 0 unspecified atom stereocenters. The molecule has 4 rings (SSSR count). The van der Waals surface area contributed by atoms with E-state index in [9.17, 15) is 10.1 Å². The maximum Gasteiger partial charge on any atom is 0.259 e. The van der Waals surface area contributed by atoms with Crippen LogP contribution in [0.5, 0.6) is 5.75 Å². The molecule has 31 heavy (non-hydrogen) atoms. The average molecular weight is 428 g/mol. The van der Waals surface area contributed by atoms with Gasteiger partial charge in [-0.1, -0.05) is 24.3 Å². The number of azo groups is 1. The maximum absolute atomic E-state index is 13.0. The zero-order valence-electron chi connectivity index (χ0n) is 16.7. The highest BCUT2D eigenvalue weighted by Crippen LogP contribution is 2.41. The van der Waals surface area contributed by atoms with Crippen LogP contribution in [0.15, 0.2) is 65.1 Å². The zero-order valence-corrected chi connectivity index (χ0v) is 17.5. The number of methoxy groups -OCH3 is 1. The Kier molecular flexibility index (Phi) is 5.64. The van der Waals surface area contributed by atoms with E-state index in [0.29, 0.717) is 33.2 Å². The Morgan fingerprint density at radius 3 is 2.81 bits per heavy atom. The molecule has 2 heterocycles. The van der Waals surface area contributed by atoms with E-state index in [4.69, 9.17) is 4.74 Å². The van der Waals surface area contributed by atoms with Crippen LogP contribution in [0, 0.1) is 18.3 Å². The molecular formula is C22H16N6O2S. The number of nitrogens with zero attached hydrogens (tertiary/aromatic N) is 5. The van der Waals surface area contributed by atoms with Gasteiger partial charge in [-0.05, 0) is 42.0 Å². The number of nitrogens with one attached hydrogen (secondary N) is 1. The Balaban J connectivity index is 1.84. The van der Waals surface area contributed by atoms with Crippen LogP contribution in [0.2, 0.25) is 0 Å². The number of ether oxygens (including phenoxy) is 1. The summed E-state index contributed by atoms with van der Waals surface area (Å²) < 4.78 is 9.75. The van der Waals surface area contributed by atoms with Crippen molar-refractivity contribution in [3.05, 3.63) is 71.7 Å². The maximum atomic E-state index is 13.0. The molecule has 0 aliphatic rings. The third kappa shape index (κ3) is 3.97. The number of aryl methyl sites for hydroxylation is 1. The fourth-order valence-electron chi connectivity index (χ4n) is 3.07. The van der Waals surface area contributed by atoms with Crippen LogP contribution in [-0.4, -0.2) is 22.4 Å². The number of fused-ring (bicyclic) bond motifs is 1. The van der Waals surface area contributed by atoms with Gasteiger partial charge in [-0.25, -0.2) is 0 Å². The molecule has 1 amide bonds. The standard InChI is InChI=1S/C22H16N6O2S/c1-13-18(11-23)22(31-28-13)27-26-19-16-8-4-3-6-14(16)10-17(20(19)30-2)21(29)25-15-7-5-9-24-12-15/h3-10,12H,1-2H3,(H,25,29). The zero-order chi connectivity index (χ0) is 21.8. The third-order valence-electron chi connectivity index (χ3n) is 4.54. The molecule has 0 saturated heterocycles. The summed E-state index contributed by atoms with van der Waals surface area (Å²) in [4.78, 5) is 17.0. The van der Waals surface area contributed by atoms with Crippen molar-refractivity contribution in [1.82, 2.24) is 9.36 Å². The lowest BCUT2D eigenvalue weighted by Crippen LogP contribution is -2.13. The summed E-state index contributed by atoms with van der Waals surface area (Å²) in [6.45, 7) is 1.74. The van der Waals surface area contributed by atoms with Crippen molar-refractivity contribution in [2.75, 3.05) is 12.4 Å². The van der Waals surface area contributed by atoms with Crippen molar-refractivity contribution < 1.29 is 9.53 Å². The monoisotopic (exact) mass is 428 g/mol. The van der Waals surface area contributed by atoms with E-state index < -0.39 is 0 Å². The Morgan fingerprint density at radius 1 is 1.23 bits per heavy atom. The first-order valence-corrected chi connectivity index (χ1v) is 9.99. The molecule has 0 bridgehead atoms. The topological polar surface area (TPSA) is 113 Å². The number of carbonyl (C=O) groups excluding carboxylic acids is 1. The smallest absolute Gasteiger partial charge is 0.259 e. The highest BCUT2D eigenvalue weighted by Gasteiger charge is 2.20. The van der Waals surface area contributed by atoms with E-state index >= 15 is 0 Å². The van der Waals surface area contributed by atoms with Gasteiger partial charge < -0.3 is 10.1 Å². The molecule has 2 aromatic carbocycles. The fourth-order valence-corrected chi connectivity index (χ4v) is 3.75. The van der Waals surface area contributed by atoms with Crippen LogP contribution in [-0.2, 0) is 0 Å². The average Bonchev–Trinajstić information content (AvgIpc) is 3.16. The van der Waals surface area contributed by atoms with Crippen LogP contribution < -0.4 is 10.1 Å². The van der Waals surface area contributed by atoms with Crippen molar-refractivity contribution in [2.45, 2.75) is 6.92 Å². The van der Waals surface area contributed by atoms with E-state index in [-0.39, 0.29) is 11.7 Å². The lowest BCUT2D eigenvalue weighted by atomic mass is 10.0. The molecule has 0 fully saturated rings. The van der Waals surface area contributed by atoms with Crippen molar-refractivity contribution in [2.24, 2.45) is 10.2 Å². The summed E-state index contributed by atoms with van der Waals surface area (Å²) in [6, 6.07) is 14.8. The molecule has 0 atom stereocenters. The van der Waals surface area contributed by atoms with Crippen LogP contribution >= 0.6 is 11.5 Å². The highest BCUT2D eigenvalue weighted by molar-refractivity contribution is 7.10. The van der Waals surface area contributed by atoms with Gasteiger partial charge in [0.1, 0.15) is 17.3 Å². The number of carbonyl (C=O) groups is 1. The van der Waals surface area contributed by atoms with Crippen molar-refractivity contribution >= 4 is 44.6 Å². The molecule has 1 N–H and O–H groups in total. The summed E-state index contributed by atoms with van der Waals surface area (Å²) in [6.07, 6.45) is 3.18. The molecule has 9 heteroatoms. The van der Waals surface area contributed by atoms with Crippen LogP contribution in [0.1, 0.15) is 21.6 Å². The summed E-state index contributed by atoms with van der Waals surface area (Å²) >= 11 is 1.09. The predicted molar refractivity (Wildman–Crippen MR) is 118 cm³/mol. The molecule has 8 nitrogen and oxygen atoms in total. The van der Waals surface area contributed by atoms with Gasteiger partial charge in [0.2, 0.25) is 0 Å². The van der Waals surface area contributed by atoms with E-state index in [1.165, 1.54) is 7.11 Å². The number of benzene rings is 2. The van der Waals surface area contributed by atoms with Crippen molar-refractivity contribution in [1.29, 1.82) is 5.26 Å². The minimum Gasteiger partial charge on any atom is -0.494 e. The van der Waals surface area contributed by atoms with Gasteiger partial charge in [-0.2, -0.15) is 9.64 Å². The summed E-state index contributed by atoms with van der Waals surface area (Å²) in [5.41, 5.74) is 2.24. The van der Waals surface area contributed by atoms with Gasteiger partial charge in [-0.15, -0.1) is 10.2 Å². The number of hydrogen-bond donors (Lipinski definition) is 1. The van der Waals surface area contributed by atoms with Crippen LogP contribution in [0.25, 0.3) is 10.8 Å². The van der Waals surface area contributed by atoms with Gasteiger partial charge >= 0.3 is 0 Å². The van der Waals surface area contributed by atoms with Gasteiger partial charge in [-0.3, -0.25) is 9.78 Å². The molecular weight excluding hydrogens is 412 g/mol. The molecule has 0 aliphatic carbocycles. The number of pyridine rings is 1. The second-order valence-corrected chi connectivity index (χ2v) is 7.23. The SMILES string of the molecule is COc1c(C(=O)Nc2cccnc2)cc2ccccc2c1N=Nc1snc(C)c1C#N. The lowest BCUT2D eigenvalue weighted by Gasteiger charge is -2.13. The Bertz CT molecular complexity index is 1340. The number of nitriles is 1. The molecule has 0 saturated carbocycles. The predicted octanol–water partition coefficient (Wildman–Crippen LogP) is 5.55. The summed E-state index contributed by atoms with van der Waals surface area (Å²) in [5, 5.41) is 22.7. The first kappa shape index (κ1) is 20.1. The number of anilines is 1. The first-order valence-electron chi connectivity index (χ1n) is 9.21. The van der Waals surface area contributed by atoms with Crippen molar-refractivity contribution in [3.63, 3.8) is 0 Å². The minimum atomic E-state index is -0.363. The Hall–Kier alpha value is -4.16. The van der Waals surface area contributed by atoms with E-state index in [2.05, 4.69) is 31.0 Å². The fraction of sp³-hybridized carbons (Fsp3) is 0.0909. The van der Waals surface area contributed by atoms with Crippen molar-refractivity contribution in [3.8, 4) is 11.8 Å². The minimum absolute atomic E-state index is 0.281. The summed E-state index contributed by atoms with van der Waals surface area (Å²) in [5.74, 6) is -0.0815. The van der Waals surface area contributed by atoms with E-state index in [1.807, 2.05) is 24.3 Å². The third-order valence-corrected chi connectivity index (χ3v) is 5.36. The second-order valence-electron chi connectivity index (χ2n) is 6.48. The largest absolute Gasteiger partial charge is 0.494 e. The molecule has 152 valence electrons. The number of amides is 1. The second kappa shape index (κ2) is 8.69. The molecule has 2 aromatic heterocycles. The van der Waals surface area contributed by atoms with Gasteiger partial charge in [0.15, 0.2) is 10.8 Å².